The number of hydrogen-bond acceptors (Lipinski definition) is 2. The van der Waals surface area contributed by atoms with Crippen molar-refractivity contribution in [3.8, 4) is 5.75 Å². The first-order valence-electron chi connectivity index (χ1n) is 4.81. The van der Waals surface area contributed by atoms with E-state index in [-0.39, 0.29) is 11.7 Å². The molecule has 0 aliphatic carbocycles. The Hall–Kier alpha value is -1.16. The molecule has 15 heavy (non-hydrogen) atoms. The van der Waals surface area contributed by atoms with Gasteiger partial charge in [0.25, 0.3) is 5.92 Å². The van der Waals surface area contributed by atoms with Gasteiger partial charge in [-0.05, 0) is 38.1 Å². The molecule has 2 nitrogen and oxygen atoms in total. The minimum absolute atomic E-state index is 0.0332. The van der Waals surface area contributed by atoms with Crippen LogP contribution in [-0.4, -0.2) is 12.6 Å². The number of halogens is 2. The molecule has 0 aliphatic heterocycles. The highest BCUT2D eigenvalue weighted by atomic mass is 19.3. The molecule has 0 atom stereocenters. The number of ether oxygens (including phenoxy) is 1. The molecule has 0 unspecified atom stereocenters. The standard InChI is InChI=1S/C11H15F2NO/c1-8(2)15-10-5-3-9(4-6-10)11(12,13)7-14/h3-6,8H,7,14H2,1-2H3. The number of alkyl halides is 2. The molecule has 1 aromatic carbocycles. The van der Waals surface area contributed by atoms with Crippen molar-refractivity contribution in [3.05, 3.63) is 29.8 Å². The van der Waals surface area contributed by atoms with E-state index in [2.05, 4.69) is 0 Å². The molecular formula is C11H15F2NO. The lowest BCUT2D eigenvalue weighted by atomic mass is 10.1. The van der Waals surface area contributed by atoms with Crippen LogP contribution in [0.4, 0.5) is 8.78 Å². The lowest BCUT2D eigenvalue weighted by Crippen LogP contribution is -2.24. The second-order valence-corrected chi connectivity index (χ2v) is 3.60. The molecule has 0 saturated carbocycles. The van der Waals surface area contributed by atoms with Gasteiger partial charge in [-0.1, -0.05) is 0 Å². The average Bonchev–Trinajstić information content (AvgIpc) is 2.18. The summed E-state index contributed by atoms with van der Waals surface area (Å²) >= 11 is 0. The van der Waals surface area contributed by atoms with E-state index in [1.165, 1.54) is 24.3 Å². The lowest BCUT2D eigenvalue weighted by molar-refractivity contribution is 0.00590. The third-order valence-corrected chi connectivity index (χ3v) is 1.90. The van der Waals surface area contributed by atoms with Gasteiger partial charge in [-0.2, -0.15) is 8.78 Å². The van der Waals surface area contributed by atoms with Crippen LogP contribution in [-0.2, 0) is 5.92 Å². The van der Waals surface area contributed by atoms with Crippen LogP contribution in [0.2, 0.25) is 0 Å². The Morgan fingerprint density at radius 1 is 1.27 bits per heavy atom. The summed E-state index contributed by atoms with van der Waals surface area (Å²) in [5.41, 5.74) is 4.89. The van der Waals surface area contributed by atoms with Gasteiger partial charge in [0.1, 0.15) is 5.75 Å². The monoisotopic (exact) mass is 215 g/mol. The Morgan fingerprint density at radius 3 is 2.20 bits per heavy atom. The Balaban J connectivity index is 2.81. The number of rotatable bonds is 4. The Labute approximate surface area is 88.0 Å². The molecule has 4 heteroatoms. The summed E-state index contributed by atoms with van der Waals surface area (Å²) < 4.78 is 31.6. The molecule has 0 aliphatic rings. The molecule has 0 radical (unpaired) electrons. The molecule has 0 aromatic heterocycles. The normalized spacial score (nSPS) is 11.9. The third kappa shape index (κ3) is 3.16. The van der Waals surface area contributed by atoms with E-state index in [9.17, 15) is 8.78 Å². The lowest BCUT2D eigenvalue weighted by Gasteiger charge is -2.15. The van der Waals surface area contributed by atoms with E-state index < -0.39 is 12.5 Å². The van der Waals surface area contributed by atoms with Crippen LogP contribution in [0, 0.1) is 0 Å². The molecule has 0 bridgehead atoms. The Kier molecular flexibility index (Phi) is 3.63. The maximum Gasteiger partial charge on any atom is 0.285 e. The van der Waals surface area contributed by atoms with Crippen molar-refractivity contribution in [3.63, 3.8) is 0 Å². The fourth-order valence-electron chi connectivity index (χ4n) is 1.17. The van der Waals surface area contributed by atoms with Crippen molar-refractivity contribution in [1.82, 2.24) is 0 Å². The molecular weight excluding hydrogens is 200 g/mol. The highest BCUT2D eigenvalue weighted by Crippen LogP contribution is 2.28. The molecule has 84 valence electrons. The second kappa shape index (κ2) is 4.57. The number of benzene rings is 1. The van der Waals surface area contributed by atoms with Crippen molar-refractivity contribution in [1.29, 1.82) is 0 Å². The van der Waals surface area contributed by atoms with Gasteiger partial charge < -0.3 is 10.5 Å². The molecule has 0 amide bonds. The predicted molar refractivity (Wildman–Crippen MR) is 55.2 cm³/mol. The molecule has 0 fully saturated rings. The van der Waals surface area contributed by atoms with Crippen LogP contribution < -0.4 is 10.5 Å². The Morgan fingerprint density at radius 2 is 1.80 bits per heavy atom. The van der Waals surface area contributed by atoms with Crippen molar-refractivity contribution < 1.29 is 13.5 Å². The maximum absolute atomic E-state index is 13.1. The van der Waals surface area contributed by atoms with E-state index in [0.717, 1.165) is 0 Å². The highest BCUT2D eigenvalue weighted by molar-refractivity contribution is 5.30. The quantitative estimate of drug-likeness (QED) is 0.837. The van der Waals surface area contributed by atoms with E-state index in [4.69, 9.17) is 10.5 Å². The largest absolute Gasteiger partial charge is 0.491 e. The average molecular weight is 215 g/mol. The van der Waals surface area contributed by atoms with Gasteiger partial charge in [-0.3, -0.25) is 0 Å². The van der Waals surface area contributed by atoms with E-state index in [1.54, 1.807) is 0 Å². The molecule has 2 N–H and O–H groups in total. The fourth-order valence-corrected chi connectivity index (χ4v) is 1.17. The molecule has 0 spiro atoms. The molecule has 0 heterocycles. The smallest absolute Gasteiger partial charge is 0.285 e. The zero-order valence-corrected chi connectivity index (χ0v) is 8.84. The van der Waals surface area contributed by atoms with Gasteiger partial charge in [0.05, 0.1) is 12.6 Å². The van der Waals surface area contributed by atoms with Gasteiger partial charge in [0, 0.05) is 5.56 Å². The zero-order chi connectivity index (χ0) is 11.5. The van der Waals surface area contributed by atoms with Crippen molar-refractivity contribution in [2.75, 3.05) is 6.54 Å². The van der Waals surface area contributed by atoms with Crippen LogP contribution in [0.5, 0.6) is 5.75 Å². The van der Waals surface area contributed by atoms with Gasteiger partial charge in [-0.15, -0.1) is 0 Å². The molecule has 0 saturated heterocycles. The summed E-state index contributed by atoms with van der Waals surface area (Å²) in [4.78, 5) is 0. The van der Waals surface area contributed by atoms with E-state index >= 15 is 0 Å². The summed E-state index contributed by atoms with van der Waals surface area (Å²) in [6.07, 6.45) is 0.0332. The SMILES string of the molecule is CC(C)Oc1ccc(C(F)(F)CN)cc1. The first kappa shape index (κ1) is 11.9. The summed E-state index contributed by atoms with van der Waals surface area (Å²) in [5, 5.41) is 0. The van der Waals surface area contributed by atoms with Gasteiger partial charge in [-0.25, -0.2) is 0 Å². The van der Waals surface area contributed by atoms with Gasteiger partial charge in [0.2, 0.25) is 0 Å². The first-order chi connectivity index (χ1) is 6.95. The van der Waals surface area contributed by atoms with Crippen LogP contribution in [0.1, 0.15) is 19.4 Å². The summed E-state index contributed by atoms with van der Waals surface area (Å²) in [7, 11) is 0. The predicted octanol–water partition coefficient (Wildman–Crippen LogP) is 2.52. The van der Waals surface area contributed by atoms with E-state index in [0.29, 0.717) is 5.75 Å². The van der Waals surface area contributed by atoms with Crippen LogP contribution >= 0.6 is 0 Å². The molecule has 1 rings (SSSR count). The van der Waals surface area contributed by atoms with Crippen molar-refractivity contribution in [2.45, 2.75) is 25.9 Å². The van der Waals surface area contributed by atoms with Gasteiger partial charge in [0.15, 0.2) is 0 Å². The second-order valence-electron chi connectivity index (χ2n) is 3.60. The summed E-state index contributed by atoms with van der Waals surface area (Å²) in [5.74, 6) is -2.38. The fraction of sp³-hybridized carbons (Fsp3) is 0.455. The maximum atomic E-state index is 13.1. The topological polar surface area (TPSA) is 35.2 Å². The minimum atomic E-state index is -2.96. The highest BCUT2D eigenvalue weighted by Gasteiger charge is 2.29. The van der Waals surface area contributed by atoms with Crippen molar-refractivity contribution in [2.24, 2.45) is 5.73 Å². The Bertz CT molecular complexity index is 309. The summed E-state index contributed by atoms with van der Waals surface area (Å²) in [6.45, 7) is 3.07. The van der Waals surface area contributed by atoms with Crippen LogP contribution in [0.15, 0.2) is 24.3 Å². The zero-order valence-electron chi connectivity index (χ0n) is 8.84. The number of nitrogens with two attached hydrogens (primary N) is 1. The third-order valence-electron chi connectivity index (χ3n) is 1.90. The summed E-state index contributed by atoms with van der Waals surface area (Å²) in [6, 6.07) is 5.73. The number of hydrogen-bond donors (Lipinski definition) is 1. The van der Waals surface area contributed by atoms with Gasteiger partial charge >= 0.3 is 0 Å². The van der Waals surface area contributed by atoms with Crippen LogP contribution in [0.3, 0.4) is 0 Å². The minimum Gasteiger partial charge on any atom is -0.491 e. The van der Waals surface area contributed by atoms with Crippen LogP contribution in [0.25, 0.3) is 0 Å². The van der Waals surface area contributed by atoms with E-state index in [1.807, 2.05) is 13.8 Å². The van der Waals surface area contributed by atoms with Crippen molar-refractivity contribution >= 4 is 0 Å². The first-order valence-corrected chi connectivity index (χ1v) is 4.81. The molecule has 1 aromatic rings.